The van der Waals surface area contributed by atoms with Gasteiger partial charge in [0.1, 0.15) is 22.1 Å². The number of benzene rings is 1. The van der Waals surface area contributed by atoms with Gasteiger partial charge >= 0.3 is 6.61 Å². The van der Waals surface area contributed by atoms with E-state index in [0.717, 1.165) is 50.6 Å². The van der Waals surface area contributed by atoms with Gasteiger partial charge < -0.3 is 20.5 Å². The zero-order valence-corrected chi connectivity index (χ0v) is 21.1. The number of aliphatic hydroxyl groups is 1. The van der Waals surface area contributed by atoms with Crippen LogP contribution in [0.15, 0.2) is 36.5 Å². The molecular formula is C26H26F2N6O2S. The van der Waals surface area contributed by atoms with Crippen molar-refractivity contribution in [2.24, 2.45) is 11.8 Å². The first-order chi connectivity index (χ1) is 17.9. The highest BCUT2D eigenvalue weighted by molar-refractivity contribution is 7.21. The Labute approximate surface area is 216 Å². The number of thiazole rings is 1. The average molecular weight is 525 g/mol. The Morgan fingerprint density at radius 2 is 1.81 bits per heavy atom. The van der Waals surface area contributed by atoms with Crippen LogP contribution in [-0.2, 0) is 6.54 Å². The Balaban J connectivity index is 1.28. The number of aliphatic hydroxyl groups excluding tert-OH is 1. The number of halogens is 2. The summed E-state index contributed by atoms with van der Waals surface area (Å²) >= 11 is 1.59. The van der Waals surface area contributed by atoms with Gasteiger partial charge in [0.05, 0.1) is 27.8 Å². The Hall–Kier alpha value is -3.44. The van der Waals surface area contributed by atoms with E-state index in [1.165, 1.54) is 12.1 Å². The summed E-state index contributed by atoms with van der Waals surface area (Å²) in [5.41, 5.74) is 4.27. The van der Waals surface area contributed by atoms with Gasteiger partial charge in [0.25, 0.3) is 0 Å². The maximum atomic E-state index is 12.4. The van der Waals surface area contributed by atoms with E-state index in [1.807, 2.05) is 19.9 Å². The molecule has 3 N–H and O–H groups in total. The minimum absolute atomic E-state index is 0.114. The molecule has 2 saturated carbocycles. The molecule has 192 valence electrons. The topological polar surface area (TPSA) is 105 Å². The molecule has 11 heteroatoms. The molecule has 2 aliphatic carbocycles. The molecule has 4 aromatic rings. The van der Waals surface area contributed by atoms with E-state index in [1.54, 1.807) is 29.7 Å². The highest BCUT2D eigenvalue weighted by Gasteiger charge is 2.55. The molecule has 8 nitrogen and oxygen atoms in total. The fourth-order valence-corrected chi connectivity index (χ4v) is 6.30. The molecule has 0 aliphatic heterocycles. The second-order valence-corrected chi connectivity index (χ2v) is 10.7. The maximum Gasteiger partial charge on any atom is 0.387 e. The molecule has 1 aromatic carbocycles. The number of hydrogen-bond acceptors (Lipinski definition) is 9. The van der Waals surface area contributed by atoms with Gasteiger partial charge in [0.2, 0.25) is 5.95 Å². The van der Waals surface area contributed by atoms with Gasteiger partial charge in [-0.2, -0.15) is 13.8 Å². The van der Waals surface area contributed by atoms with Crippen molar-refractivity contribution in [2.45, 2.75) is 52.0 Å². The normalized spacial score (nSPS) is 22.3. The number of fused-ring (bicyclic) bond motifs is 2. The van der Waals surface area contributed by atoms with Gasteiger partial charge in [-0.3, -0.25) is 4.98 Å². The van der Waals surface area contributed by atoms with Crippen LogP contribution >= 0.6 is 11.3 Å². The molecule has 37 heavy (non-hydrogen) atoms. The quantitative estimate of drug-likeness (QED) is 0.290. The Bertz CT molecular complexity index is 1440. The first-order valence-corrected chi connectivity index (χ1v) is 13.0. The second-order valence-electron chi connectivity index (χ2n) is 9.63. The summed E-state index contributed by atoms with van der Waals surface area (Å²) in [6.07, 6.45) is 3.44. The van der Waals surface area contributed by atoms with E-state index in [4.69, 9.17) is 15.0 Å². The molecule has 0 bridgehead atoms. The lowest BCUT2D eigenvalue weighted by molar-refractivity contribution is -0.0498. The summed E-state index contributed by atoms with van der Waals surface area (Å²) in [6.45, 7) is 1.45. The first kappa shape index (κ1) is 23.9. The molecule has 3 heterocycles. The number of hydrogen-bond donors (Lipinski definition) is 3. The van der Waals surface area contributed by atoms with Crippen molar-refractivity contribution in [1.29, 1.82) is 0 Å². The number of nitrogens with one attached hydrogen (secondary N) is 2. The van der Waals surface area contributed by atoms with Crippen molar-refractivity contribution in [3.8, 4) is 16.3 Å². The van der Waals surface area contributed by atoms with Crippen LogP contribution in [0.25, 0.3) is 20.8 Å². The largest absolute Gasteiger partial charge is 0.435 e. The third-order valence-corrected chi connectivity index (χ3v) is 8.17. The van der Waals surface area contributed by atoms with Gasteiger partial charge in [0.15, 0.2) is 0 Å². The van der Waals surface area contributed by atoms with Gasteiger partial charge in [-0.05, 0) is 62.3 Å². The van der Waals surface area contributed by atoms with Crippen LogP contribution < -0.4 is 15.4 Å². The van der Waals surface area contributed by atoms with E-state index in [9.17, 15) is 13.9 Å². The molecule has 2 atom stereocenters. The number of aromatic nitrogens is 4. The van der Waals surface area contributed by atoms with Gasteiger partial charge in [-0.25, -0.2) is 9.97 Å². The number of aryl methyl sites for hydroxylation is 2. The van der Waals surface area contributed by atoms with Gasteiger partial charge in [-0.1, -0.05) is 12.1 Å². The predicted octanol–water partition coefficient (Wildman–Crippen LogP) is 5.16. The van der Waals surface area contributed by atoms with Crippen LogP contribution in [0.1, 0.15) is 29.8 Å². The Kier molecular flexibility index (Phi) is 6.12. The molecule has 0 saturated heterocycles. The molecule has 2 fully saturated rings. The molecule has 6 rings (SSSR count). The summed E-state index contributed by atoms with van der Waals surface area (Å²) in [4.78, 5) is 18.8. The summed E-state index contributed by atoms with van der Waals surface area (Å²) in [5, 5.41) is 17.7. The number of alkyl halides is 2. The van der Waals surface area contributed by atoms with Crippen LogP contribution in [0.3, 0.4) is 0 Å². The molecule has 0 spiro atoms. The molecule has 2 aliphatic rings. The zero-order valence-electron chi connectivity index (χ0n) is 20.3. The van der Waals surface area contributed by atoms with Gasteiger partial charge in [-0.15, -0.1) is 11.3 Å². The van der Waals surface area contributed by atoms with E-state index >= 15 is 0 Å². The third kappa shape index (κ3) is 4.80. The van der Waals surface area contributed by atoms with Crippen molar-refractivity contribution in [1.82, 2.24) is 19.9 Å². The van der Waals surface area contributed by atoms with Crippen molar-refractivity contribution in [3.05, 3.63) is 53.5 Å². The predicted molar refractivity (Wildman–Crippen MR) is 138 cm³/mol. The SMILES string of the molecule is Cc1nc(NCc2ccc(OC(F)F)cc2)nc(NC2CC3C(O)C3C2)c1-c1nc2c(C)nccc2s1. The molecule has 2 unspecified atom stereocenters. The number of nitrogens with zero attached hydrogens (tertiary/aromatic N) is 4. The van der Waals surface area contributed by atoms with Crippen LogP contribution in [0.2, 0.25) is 0 Å². The Morgan fingerprint density at radius 1 is 1.05 bits per heavy atom. The van der Waals surface area contributed by atoms with Crippen molar-refractivity contribution in [3.63, 3.8) is 0 Å². The summed E-state index contributed by atoms with van der Waals surface area (Å²) in [6, 6.07) is 8.65. The fraction of sp³-hybridized carbons (Fsp3) is 0.385. The van der Waals surface area contributed by atoms with Crippen LogP contribution in [0.4, 0.5) is 20.5 Å². The van der Waals surface area contributed by atoms with Crippen molar-refractivity contribution in [2.75, 3.05) is 10.6 Å². The van der Waals surface area contributed by atoms with Crippen molar-refractivity contribution < 1.29 is 18.6 Å². The lowest BCUT2D eigenvalue weighted by Crippen LogP contribution is -2.21. The summed E-state index contributed by atoms with van der Waals surface area (Å²) in [5.74, 6) is 2.02. The number of pyridine rings is 1. The van der Waals surface area contributed by atoms with E-state index < -0.39 is 6.61 Å². The van der Waals surface area contributed by atoms with E-state index in [2.05, 4.69) is 20.4 Å². The van der Waals surface area contributed by atoms with Gasteiger partial charge in [0, 0.05) is 18.8 Å². The van der Waals surface area contributed by atoms with Crippen LogP contribution in [0, 0.1) is 25.7 Å². The minimum Gasteiger partial charge on any atom is -0.435 e. The number of rotatable bonds is 8. The fourth-order valence-electron chi connectivity index (χ4n) is 5.19. The van der Waals surface area contributed by atoms with E-state index in [0.29, 0.717) is 30.1 Å². The molecule has 0 amide bonds. The molecular weight excluding hydrogens is 498 g/mol. The standard InChI is InChI=1S/C26H26F2N6O2S/c1-12-20(24-33-21-13(2)29-8-7-19(21)37-24)23(32-15-9-17-18(10-15)22(17)35)34-26(31-12)30-11-14-3-5-16(6-4-14)36-25(27)28/h3-8,15,17-18,22,25,35H,9-11H2,1-2H3,(H2,30,31,32,34). The smallest absolute Gasteiger partial charge is 0.387 e. The average Bonchev–Trinajstić information content (AvgIpc) is 3.21. The lowest BCUT2D eigenvalue weighted by Gasteiger charge is -2.19. The van der Waals surface area contributed by atoms with E-state index in [-0.39, 0.29) is 17.9 Å². The maximum absolute atomic E-state index is 12.4. The summed E-state index contributed by atoms with van der Waals surface area (Å²) in [7, 11) is 0. The minimum atomic E-state index is -2.85. The first-order valence-electron chi connectivity index (χ1n) is 12.2. The molecule has 3 aromatic heterocycles. The zero-order chi connectivity index (χ0) is 25.7. The summed E-state index contributed by atoms with van der Waals surface area (Å²) < 4.78 is 30.3. The monoisotopic (exact) mass is 524 g/mol. The lowest BCUT2D eigenvalue weighted by atomic mass is 10.1. The second kappa shape index (κ2) is 9.46. The highest BCUT2D eigenvalue weighted by atomic mass is 32.1. The third-order valence-electron chi connectivity index (χ3n) is 7.13. The highest BCUT2D eigenvalue weighted by Crippen LogP contribution is 2.52. The number of anilines is 2. The van der Waals surface area contributed by atoms with Crippen LogP contribution in [-0.4, -0.2) is 43.8 Å². The Morgan fingerprint density at radius 3 is 2.51 bits per heavy atom. The van der Waals surface area contributed by atoms with Crippen molar-refractivity contribution >= 4 is 33.3 Å². The van der Waals surface area contributed by atoms with Crippen LogP contribution in [0.5, 0.6) is 5.75 Å². The number of ether oxygens (including phenoxy) is 1. The molecule has 0 radical (unpaired) electrons.